The third-order valence-electron chi connectivity index (χ3n) is 2.95. The molecule has 2 aromatic rings. The Balaban J connectivity index is 2.07. The van der Waals surface area contributed by atoms with Gasteiger partial charge in [0.05, 0.1) is 10.7 Å². The van der Waals surface area contributed by atoms with Gasteiger partial charge in [0.1, 0.15) is 5.69 Å². The molecule has 1 heterocycles. The highest BCUT2D eigenvalue weighted by Crippen LogP contribution is 2.19. The number of benzene rings is 1. The van der Waals surface area contributed by atoms with E-state index in [-0.39, 0.29) is 5.78 Å². The zero-order valence-corrected chi connectivity index (χ0v) is 12.4. The molecule has 2 rings (SSSR count). The SMILES string of the molecule is CCn1ncc(Br)c1C(=O)CCc1cccc(N)c1. The van der Waals surface area contributed by atoms with Crippen LogP contribution in [0.4, 0.5) is 5.69 Å². The summed E-state index contributed by atoms with van der Waals surface area (Å²) in [5.74, 6) is 0.0913. The molecule has 0 aliphatic carbocycles. The normalized spacial score (nSPS) is 10.6. The molecule has 0 amide bonds. The Labute approximate surface area is 120 Å². The van der Waals surface area contributed by atoms with E-state index in [4.69, 9.17) is 5.73 Å². The Morgan fingerprint density at radius 3 is 2.95 bits per heavy atom. The number of halogens is 1. The van der Waals surface area contributed by atoms with E-state index in [9.17, 15) is 4.79 Å². The second-order valence-corrected chi connectivity index (χ2v) is 5.18. The Bertz CT molecular complexity index is 592. The van der Waals surface area contributed by atoms with E-state index < -0.39 is 0 Å². The zero-order valence-electron chi connectivity index (χ0n) is 10.8. The maximum Gasteiger partial charge on any atom is 0.182 e. The number of carbonyl (C=O) groups is 1. The maximum atomic E-state index is 12.2. The van der Waals surface area contributed by atoms with Crippen molar-refractivity contribution < 1.29 is 4.79 Å². The van der Waals surface area contributed by atoms with Crippen LogP contribution in [0.1, 0.15) is 29.4 Å². The van der Waals surface area contributed by atoms with Crippen LogP contribution in [0.3, 0.4) is 0 Å². The van der Waals surface area contributed by atoms with Gasteiger partial charge in [-0.05, 0) is 47.0 Å². The van der Waals surface area contributed by atoms with Crippen molar-refractivity contribution in [1.82, 2.24) is 9.78 Å². The summed E-state index contributed by atoms with van der Waals surface area (Å²) in [7, 11) is 0. The van der Waals surface area contributed by atoms with Crippen LogP contribution >= 0.6 is 15.9 Å². The lowest BCUT2D eigenvalue weighted by Gasteiger charge is -2.05. The van der Waals surface area contributed by atoms with Gasteiger partial charge in [0.15, 0.2) is 5.78 Å². The third kappa shape index (κ3) is 3.23. The average Bonchev–Trinajstić information content (AvgIpc) is 2.77. The molecule has 1 aromatic heterocycles. The first kappa shape index (κ1) is 13.8. The number of ketones is 1. The Hall–Kier alpha value is -1.62. The lowest BCUT2D eigenvalue weighted by atomic mass is 10.1. The van der Waals surface area contributed by atoms with Crippen LogP contribution in [0.5, 0.6) is 0 Å². The highest BCUT2D eigenvalue weighted by Gasteiger charge is 2.16. The molecular weight excluding hydrogens is 306 g/mol. The number of aryl methyl sites for hydroxylation is 2. The topological polar surface area (TPSA) is 60.9 Å². The smallest absolute Gasteiger partial charge is 0.182 e. The highest BCUT2D eigenvalue weighted by molar-refractivity contribution is 9.10. The number of rotatable bonds is 5. The van der Waals surface area contributed by atoms with E-state index in [1.807, 2.05) is 31.2 Å². The molecule has 1 aromatic carbocycles. The van der Waals surface area contributed by atoms with Crippen LogP contribution in [-0.4, -0.2) is 15.6 Å². The average molecular weight is 322 g/mol. The second-order valence-electron chi connectivity index (χ2n) is 4.33. The van der Waals surface area contributed by atoms with Crippen molar-refractivity contribution >= 4 is 27.4 Å². The zero-order chi connectivity index (χ0) is 13.8. The van der Waals surface area contributed by atoms with Crippen molar-refractivity contribution in [3.63, 3.8) is 0 Å². The van der Waals surface area contributed by atoms with Crippen LogP contribution in [-0.2, 0) is 13.0 Å². The van der Waals surface area contributed by atoms with Gasteiger partial charge in [-0.25, -0.2) is 0 Å². The quantitative estimate of drug-likeness (QED) is 0.680. The van der Waals surface area contributed by atoms with Crippen molar-refractivity contribution in [2.45, 2.75) is 26.3 Å². The molecule has 0 unspecified atom stereocenters. The molecule has 0 spiro atoms. The van der Waals surface area contributed by atoms with Gasteiger partial charge in [0.2, 0.25) is 0 Å². The number of hydrogen-bond donors (Lipinski definition) is 1. The monoisotopic (exact) mass is 321 g/mol. The number of anilines is 1. The first-order valence-corrected chi connectivity index (χ1v) is 7.00. The summed E-state index contributed by atoms with van der Waals surface area (Å²) in [4.78, 5) is 12.2. The fourth-order valence-corrected chi connectivity index (χ4v) is 2.52. The largest absolute Gasteiger partial charge is 0.399 e. The van der Waals surface area contributed by atoms with Crippen molar-refractivity contribution in [2.24, 2.45) is 0 Å². The van der Waals surface area contributed by atoms with Crippen molar-refractivity contribution in [2.75, 3.05) is 5.73 Å². The summed E-state index contributed by atoms with van der Waals surface area (Å²) >= 11 is 3.37. The first-order valence-electron chi connectivity index (χ1n) is 6.20. The molecule has 19 heavy (non-hydrogen) atoms. The number of nitrogen functional groups attached to an aromatic ring is 1. The Morgan fingerprint density at radius 1 is 1.47 bits per heavy atom. The highest BCUT2D eigenvalue weighted by atomic mass is 79.9. The number of nitrogens with zero attached hydrogens (tertiary/aromatic N) is 2. The van der Waals surface area contributed by atoms with E-state index in [1.165, 1.54) is 0 Å². The predicted octanol–water partition coefficient (Wildman–Crippen LogP) is 3.06. The summed E-state index contributed by atoms with van der Waals surface area (Å²) in [6.45, 7) is 2.65. The fourth-order valence-electron chi connectivity index (χ4n) is 2.00. The van der Waals surface area contributed by atoms with Crippen LogP contribution < -0.4 is 5.73 Å². The standard InChI is InChI=1S/C14H16BrN3O/c1-2-18-14(12(15)9-17-18)13(19)7-6-10-4-3-5-11(16)8-10/h3-5,8-9H,2,6-7,16H2,1H3. The summed E-state index contributed by atoms with van der Waals surface area (Å²) in [6, 6.07) is 7.63. The van der Waals surface area contributed by atoms with E-state index in [2.05, 4.69) is 21.0 Å². The van der Waals surface area contributed by atoms with E-state index >= 15 is 0 Å². The predicted molar refractivity (Wildman–Crippen MR) is 79.1 cm³/mol. The van der Waals surface area contributed by atoms with Gasteiger partial charge in [-0.2, -0.15) is 5.10 Å². The molecular formula is C14H16BrN3O. The van der Waals surface area contributed by atoms with Crippen LogP contribution in [0, 0.1) is 0 Å². The number of hydrogen-bond acceptors (Lipinski definition) is 3. The van der Waals surface area contributed by atoms with Gasteiger partial charge in [-0.15, -0.1) is 0 Å². The van der Waals surface area contributed by atoms with Gasteiger partial charge in [-0.1, -0.05) is 12.1 Å². The van der Waals surface area contributed by atoms with Crippen molar-refractivity contribution in [1.29, 1.82) is 0 Å². The van der Waals surface area contributed by atoms with Crippen LogP contribution in [0.2, 0.25) is 0 Å². The molecule has 4 nitrogen and oxygen atoms in total. The van der Waals surface area contributed by atoms with Crippen LogP contribution in [0.25, 0.3) is 0 Å². The van der Waals surface area contributed by atoms with E-state index in [1.54, 1.807) is 10.9 Å². The fraction of sp³-hybridized carbons (Fsp3) is 0.286. The van der Waals surface area contributed by atoms with Gasteiger partial charge in [0.25, 0.3) is 0 Å². The summed E-state index contributed by atoms with van der Waals surface area (Å²) in [5, 5.41) is 4.15. The molecule has 0 saturated heterocycles. The Morgan fingerprint density at radius 2 is 2.26 bits per heavy atom. The van der Waals surface area contributed by atoms with E-state index in [0.29, 0.717) is 25.1 Å². The molecule has 5 heteroatoms. The molecule has 100 valence electrons. The molecule has 0 fully saturated rings. The first-order chi connectivity index (χ1) is 9.11. The lowest BCUT2D eigenvalue weighted by molar-refractivity contribution is 0.0971. The molecule has 0 atom stereocenters. The minimum absolute atomic E-state index is 0.0913. The minimum atomic E-state index is 0.0913. The Kier molecular flexibility index (Phi) is 4.37. The third-order valence-corrected chi connectivity index (χ3v) is 3.53. The summed E-state index contributed by atoms with van der Waals surface area (Å²) in [6.07, 6.45) is 2.80. The number of aromatic nitrogens is 2. The molecule has 0 bridgehead atoms. The number of nitrogens with two attached hydrogens (primary N) is 1. The summed E-state index contributed by atoms with van der Waals surface area (Å²) in [5.41, 5.74) is 8.17. The molecule has 0 aliphatic heterocycles. The maximum absolute atomic E-state index is 12.2. The summed E-state index contributed by atoms with van der Waals surface area (Å²) < 4.78 is 2.47. The van der Waals surface area contributed by atoms with Gasteiger partial charge in [-0.3, -0.25) is 9.48 Å². The van der Waals surface area contributed by atoms with Gasteiger partial charge >= 0.3 is 0 Å². The van der Waals surface area contributed by atoms with E-state index in [0.717, 1.165) is 15.7 Å². The van der Waals surface area contributed by atoms with Crippen LogP contribution in [0.15, 0.2) is 34.9 Å². The number of Topliss-reactive ketones (excluding diaryl/α,β-unsaturated/α-hetero) is 1. The lowest BCUT2D eigenvalue weighted by Crippen LogP contribution is -2.11. The molecule has 0 radical (unpaired) electrons. The van der Waals surface area contributed by atoms with Gasteiger partial charge < -0.3 is 5.73 Å². The molecule has 0 aliphatic rings. The number of carbonyl (C=O) groups excluding carboxylic acids is 1. The van der Waals surface area contributed by atoms with Crippen molar-refractivity contribution in [3.8, 4) is 0 Å². The van der Waals surface area contributed by atoms with Gasteiger partial charge in [0, 0.05) is 18.7 Å². The van der Waals surface area contributed by atoms with Crippen molar-refractivity contribution in [3.05, 3.63) is 46.2 Å². The molecule has 0 saturated carbocycles. The molecule has 2 N–H and O–H groups in total. The minimum Gasteiger partial charge on any atom is -0.399 e. The second kappa shape index (κ2) is 6.02.